The highest BCUT2D eigenvalue weighted by Gasteiger charge is 2.26. The van der Waals surface area contributed by atoms with Crippen LogP contribution in [0.15, 0.2) is 52.1 Å². The molecule has 1 aliphatic rings. The van der Waals surface area contributed by atoms with Crippen molar-refractivity contribution in [3.05, 3.63) is 53.9 Å². The van der Waals surface area contributed by atoms with Gasteiger partial charge in [0.25, 0.3) is 0 Å². The van der Waals surface area contributed by atoms with Crippen LogP contribution in [0.25, 0.3) is 11.0 Å². The maximum Gasteiger partial charge on any atom is 0.407 e. The third-order valence-corrected chi connectivity index (χ3v) is 6.36. The summed E-state index contributed by atoms with van der Waals surface area (Å²) in [4.78, 5) is 12.9. The molecule has 12 heteroatoms. The van der Waals surface area contributed by atoms with E-state index in [1.165, 1.54) is 11.9 Å². The molecule has 0 aliphatic carbocycles. The first-order chi connectivity index (χ1) is 18.3. The molecule has 0 radical (unpaired) electrons. The average molecular weight is 540 g/mol. The molecule has 5 rings (SSSR count). The van der Waals surface area contributed by atoms with Gasteiger partial charge in [0.05, 0.1) is 24.7 Å². The Morgan fingerprint density at radius 2 is 1.97 bits per heavy atom. The Balaban J connectivity index is 1.34. The molecule has 0 atom stereocenters. The zero-order chi connectivity index (χ0) is 26.7. The largest absolute Gasteiger partial charge is 0.496 e. The van der Waals surface area contributed by atoms with Gasteiger partial charge >= 0.3 is 6.09 Å². The van der Waals surface area contributed by atoms with E-state index >= 15 is 0 Å². The first-order valence-corrected chi connectivity index (χ1v) is 12.9. The van der Waals surface area contributed by atoms with Crippen molar-refractivity contribution in [2.75, 3.05) is 25.0 Å². The van der Waals surface area contributed by atoms with Crippen LogP contribution in [-0.2, 0) is 17.8 Å². The lowest BCUT2D eigenvalue weighted by atomic mass is 10.1. The van der Waals surface area contributed by atoms with Crippen molar-refractivity contribution < 1.29 is 28.3 Å². The maximum atomic E-state index is 12.0. The summed E-state index contributed by atoms with van der Waals surface area (Å²) in [6, 6.07) is 9.58. The summed E-state index contributed by atoms with van der Waals surface area (Å²) >= 11 is 1.37. The van der Waals surface area contributed by atoms with E-state index in [1.807, 2.05) is 57.3 Å². The zero-order valence-electron chi connectivity index (χ0n) is 21.6. The number of amides is 1. The van der Waals surface area contributed by atoms with E-state index in [4.69, 9.17) is 23.5 Å². The molecule has 0 fully saturated rings. The number of anilines is 1. The van der Waals surface area contributed by atoms with Crippen LogP contribution >= 0.6 is 11.9 Å². The van der Waals surface area contributed by atoms with Crippen molar-refractivity contribution in [1.29, 1.82) is 0 Å². The number of ether oxygens (including phenoxy) is 4. The molecule has 200 valence electrons. The number of rotatable bonds is 8. The molecule has 1 aliphatic heterocycles. The summed E-state index contributed by atoms with van der Waals surface area (Å²) in [6.07, 6.45) is 3.08. The molecule has 0 saturated heterocycles. The van der Waals surface area contributed by atoms with Crippen LogP contribution in [0.2, 0.25) is 0 Å². The fourth-order valence-electron chi connectivity index (χ4n) is 3.93. The van der Waals surface area contributed by atoms with Gasteiger partial charge in [0, 0.05) is 23.9 Å². The van der Waals surface area contributed by atoms with Crippen LogP contribution in [0.3, 0.4) is 0 Å². The molecule has 1 amide bonds. The van der Waals surface area contributed by atoms with Gasteiger partial charge in [-0.25, -0.2) is 4.79 Å². The second-order valence-electron chi connectivity index (χ2n) is 9.55. The fraction of sp³-hybridized carbons (Fsp3) is 0.346. The highest BCUT2D eigenvalue weighted by molar-refractivity contribution is 8.00. The normalized spacial score (nSPS) is 12.8. The molecule has 2 aromatic carbocycles. The molecule has 0 spiro atoms. The number of benzene rings is 2. The summed E-state index contributed by atoms with van der Waals surface area (Å²) in [5.41, 5.74) is 1.67. The van der Waals surface area contributed by atoms with Crippen molar-refractivity contribution in [2.24, 2.45) is 0 Å². The number of hydrogen-bond donors (Lipinski definition) is 2. The Kier molecular flexibility index (Phi) is 7.23. The van der Waals surface area contributed by atoms with Crippen molar-refractivity contribution in [3.63, 3.8) is 0 Å². The molecule has 4 aromatic rings. The first-order valence-electron chi connectivity index (χ1n) is 12.1. The number of carbonyl (C=O) groups excluding carboxylic acids is 1. The number of alkyl carbamates (subject to hydrolysis) is 1. The van der Waals surface area contributed by atoms with Crippen LogP contribution in [0, 0.1) is 0 Å². The van der Waals surface area contributed by atoms with Gasteiger partial charge in [-0.15, -0.1) is 0 Å². The SMILES string of the molecule is COc1ccccc1SNc1noc2cc(Cn3cc(CNC(=O)OC(C)(C)C)cn3)c3c(c12)OCCO3. The van der Waals surface area contributed by atoms with Crippen LogP contribution in [0.4, 0.5) is 10.6 Å². The smallest absolute Gasteiger partial charge is 0.407 e. The lowest BCUT2D eigenvalue weighted by Crippen LogP contribution is -2.32. The summed E-state index contributed by atoms with van der Waals surface area (Å²) in [6.45, 7) is 7.01. The van der Waals surface area contributed by atoms with Gasteiger partial charge in [-0.1, -0.05) is 17.3 Å². The third kappa shape index (κ3) is 5.75. The summed E-state index contributed by atoms with van der Waals surface area (Å²) in [5.74, 6) is 2.48. The monoisotopic (exact) mass is 539 g/mol. The minimum absolute atomic E-state index is 0.298. The number of nitrogens with zero attached hydrogens (tertiary/aromatic N) is 3. The second kappa shape index (κ2) is 10.7. The molecular formula is C26H29N5O6S. The number of para-hydroxylation sites is 1. The van der Waals surface area contributed by atoms with Gasteiger partial charge in [0.15, 0.2) is 22.9 Å². The number of carbonyl (C=O) groups is 1. The van der Waals surface area contributed by atoms with Gasteiger partial charge in [-0.3, -0.25) is 4.68 Å². The van der Waals surface area contributed by atoms with E-state index in [9.17, 15) is 4.79 Å². The van der Waals surface area contributed by atoms with Gasteiger partial charge in [0.2, 0.25) is 0 Å². The molecular weight excluding hydrogens is 510 g/mol. The summed E-state index contributed by atoms with van der Waals surface area (Å²) < 4.78 is 33.5. The van der Waals surface area contributed by atoms with E-state index in [-0.39, 0.29) is 0 Å². The molecule has 38 heavy (non-hydrogen) atoms. The average Bonchev–Trinajstić information content (AvgIpc) is 3.52. The summed E-state index contributed by atoms with van der Waals surface area (Å²) in [7, 11) is 1.63. The van der Waals surface area contributed by atoms with Crippen molar-refractivity contribution in [1.82, 2.24) is 20.3 Å². The van der Waals surface area contributed by atoms with Crippen molar-refractivity contribution >= 4 is 34.8 Å². The molecule has 2 aromatic heterocycles. The van der Waals surface area contributed by atoms with Crippen LogP contribution in [0.1, 0.15) is 31.9 Å². The topological polar surface area (TPSA) is 122 Å². The van der Waals surface area contributed by atoms with Crippen LogP contribution in [0.5, 0.6) is 17.2 Å². The molecule has 11 nitrogen and oxygen atoms in total. The van der Waals surface area contributed by atoms with Gasteiger partial charge in [0.1, 0.15) is 30.0 Å². The van der Waals surface area contributed by atoms with E-state index in [1.54, 1.807) is 18.0 Å². The van der Waals surface area contributed by atoms with E-state index < -0.39 is 11.7 Å². The highest BCUT2D eigenvalue weighted by Crippen LogP contribution is 2.45. The van der Waals surface area contributed by atoms with Crippen molar-refractivity contribution in [3.8, 4) is 17.2 Å². The Morgan fingerprint density at radius 3 is 2.76 bits per heavy atom. The first kappa shape index (κ1) is 25.6. The maximum absolute atomic E-state index is 12.0. The Hall–Kier alpha value is -4.06. The van der Waals surface area contributed by atoms with Crippen LogP contribution < -0.4 is 24.2 Å². The summed E-state index contributed by atoms with van der Waals surface area (Å²) in [5, 5.41) is 12.1. The highest BCUT2D eigenvalue weighted by atomic mass is 32.2. The number of aromatic nitrogens is 3. The molecule has 0 bridgehead atoms. The lowest BCUT2D eigenvalue weighted by Gasteiger charge is -2.22. The second-order valence-corrected chi connectivity index (χ2v) is 10.4. The van der Waals surface area contributed by atoms with E-state index in [0.29, 0.717) is 54.6 Å². The predicted octanol–water partition coefficient (Wildman–Crippen LogP) is 5.00. The van der Waals surface area contributed by atoms with Gasteiger partial charge in [-0.2, -0.15) is 5.10 Å². The standard InChI is InChI=1S/C26H29N5O6S/c1-26(2,3)36-25(32)27-12-16-13-28-31(14-16)15-17-11-19-21(23-22(17)34-9-10-35-23)24(29-37-19)30-38-20-8-6-5-7-18(20)33-4/h5-8,11,13-14H,9-10,12,15H2,1-4H3,(H,27,32)(H,29,30). The van der Waals surface area contributed by atoms with Gasteiger partial charge in [-0.05, 0) is 50.9 Å². The minimum atomic E-state index is -0.558. The Bertz CT molecular complexity index is 1440. The molecule has 3 heterocycles. The molecule has 2 N–H and O–H groups in total. The third-order valence-electron chi connectivity index (χ3n) is 5.51. The van der Waals surface area contributed by atoms with Gasteiger partial charge < -0.3 is 33.5 Å². The number of nitrogens with one attached hydrogen (secondary N) is 2. The number of methoxy groups -OCH3 is 1. The Labute approximate surface area is 223 Å². The molecule has 0 unspecified atom stereocenters. The van der Waals surface area contributed by atoms with Crippen LogP contribution in [-0.4, -0.2) is 47.0 Å². The minimum Gasteiger partial charge on any atom is -0.496 e. The zero-order valence-corrected chi connectivity index (χ0v) is 22.4. The van der Waals surface area contributed by atoms with E-state index in [2.05, 4.69) is 20.3 Å². The number of fused-ring (bicyclic) bond motifs is 3. The van der Waals surface area contributed by atoms with Crippen molar-refractivity contribution in [2.45, 2.75) is 44.4 Å². The fourth-order valence-corrected chi connectivity index (χ4v) is 4.67. The number of hydrogen-bond acceptors (Lipinski definition) is 10. The Morgan fingerprint density at radius 1 is 1.18 bits per heavy atom. The van der Waals surface area contributed by atoms with E-state index in [0.717, 1.165) is 21.8 Å². The quantitative estimate of drug-likeness (QED) is 0.296. The predicted molar refractivity (Wildman–Crippen MR) is 142 cm³/mol. The lowest BCUT2D eigenvalue weighted by molar-refractivity contribution is 0.0523. The molecule has 0 saturated carbocycles.